The van der Waals surface area contributed by atoms with Crippen LogP contribution in [-0.4, -0.2) is 21.4 Å². The van der Waals surface area contributed by atoms with Gasteiger partial charge in [0.2, 0.25) is 0 Å². The number of carboxylic acid groups (broad SMARTS) is 1. The van der Waals surface area contributed by atoms with Gasteiger partial charge in [-0.2, -0.15) is 0 Å². The SMILES string of the molecule is O=C(O)C1CCC2C(=O)c3cccn3C2CC1. The van der Waals surface area contributed by atoms with E-state index < -0.39 is 5.97 Å². The molecule has 3 rings (SSSR count). The molecule has 17 heavy (non-hydrogen) atoms. The molecule has 0 aromatic carbocycles. The molecule has 3 unspecified atom stereocenters. The second-order valence-corrected chi connectivity index (χ2v) is 5.03. The Bertz CT molecular complexity index is 477. The number of fused-ring (bicyclic) bond motifs is 3. The van der Waals surface area contributed by atoms with Crippen molar-refractivity contribution < 1.29 is 14.7 Å². The Labute approximate surface area is 99.2 Å². The van der Waals surface area contributed by atoms with E-state index in [0.29, 0.717) is 19.3 Å². The molecular weight excluding hydrogens is 218 g/mol. The summed E-state index contributed by atoms with van der Waals surface area (Å²) < 4.78 is 2.04. The largest absolute Gasteiger partial charge is 0.481 e. The number of aromatic nitrogens is 1. The summed E-state index contributed by atoms with van der Waals surface area (Å²) >= 11 is 0. The number of carbonyl (C=O) groups is 2. The first-order valence-corrected chi connectivity index (χ1v) is 6.12. The smallest absolute Gasteiger partial charge is 0.306 e. The summed E-state index contributed by atoms with van der Waals surface area (Å²) in [4.78, 5) is 23.2. The fourth-order valence-corrected chi connectivity index (χ4v) is 3.26. The molecule has 0 bridgehead atoms. The van der Waals surface area contributed by atoms with Crippen LogP contribution in [0.25, 0.3) is 0 Å². The van der Waals surface area contributed by atoms with Crippen molar-refractivity contribution in [2.24, 2.45) is 11.8 Å². The average molecular weight is 233 g/mol. The van der Waals surface area contributed by atoms with Crippen molar-refractivity contribution in [3.63, 3.8) is 0 Å². The molecule has 0 spiro atoms. The van der Waals surface area contributed by atoms with Crippen LogP contribution < -0.4 is 0 Å². The maximum Gasteiger partial charge on any atom is 0.306 e. The average Bonchev–Trinajstić information content (AvgIpc) is 2.77. The minimum absolute atomic E-state index is 0.00977. The minimum atomic E-state index is -0.717. The summed E-state index contributed by atoms with van der Waals surface area (Å²) in [6, 6.07) is 3.95. The predicted molar refractivity (Wildman–Crippen MR) is 60.9 cm³/mol. The molecule has 0 radical (unpaired) electrons. The van der Waals surface area contributed by atoms with Crippen molar-refractivity contribution in [3.05, 3.63) is 24.0 Å². The Hall–Kier alpha value is -1.58. The zero-order valence-corrected chi connectivity index (χ0v) is 9.50. The first-order valence-electron chi connectivity index (χ1n) is 6.12. The molecule has 0 saturated heterocycles. The zero-order chi connectivity index (χ0) is 12.0. The van der Waals surface area contributed by atoms with Crippen LogP contribution >= 0.6 is 0 Å². The monoisotopic (exact) mass is 233 g/mol. The Balaban J connectivity index is 1.88. The van der Waals surface area contributed by atoms with Crippen LogP contribution in [0.3, 0.4) is 0 Å². The third-order valence-electron chi connectivity index (χ3n) is 4.18. The van der Waals surface area contributed by atoms with E-state index in [2.05, 4.69) is 0 Å². The van der Waals surface area contributed by atoms with E-state index in [4.69, 9.17) is 5.11 Å². The van der Waals surface area contributed by atoms with Crippen LogP contribution in [0.5, 0.6) is 0 Å². The third kappa shape index (κ3) is 1.51. The molecule has 4 nitrogen and oxygen atoms in total. The van der Waals surface area contributed by atoms with Gasteiger partial charge in [-0.3, -0.25) is 9.59 Å². The highest BCUT2D eigenvalue weighted by Crippen LogP contribution is 2.42. The Kier molecular flexibility index (Phi) is 2.31. The lowest BCUT2D eigenvalue weighted by atomic mass is 9.93. The molecule has 1 N–H and O–H groups in total. The van der Waals surface area contributed by atoms with Crippen molar-refractivity contribution in [1.29, 1.82) is 0 Å². The molecule has 90 valence electrons. The van der Waals surface area contributed by atoms with Crippen LogP contribution in [0.2, 0.25) is 0 Å². The molecule has 0 amide bonds. The maximum atomic E-state index is 12.2. The number of ketones is 1. The summed E-state index contributed by atoms with van der Waals surface area (Å²) in [6.07, 6.45) is 4.77. The first-order chi connectivity index (χ1) is 8.18. The van der Waals surface area contributed by atoms with E-state index in [0.717, 1.165) is 12.1 Å². The van der Waals surface area contributed by atoms with Gasteiger partial charge in [0.1, 0.15) is 0 Å². The number of aliphatic carboxylic acids is 1. The summed E-state index contributed by atoms with van der Waals surface area (Å²) in [5, 5.41) is 9.06. The van der Waals surface area contributed by atoms with E-state index in [9.17, 15) is 9.59 Å². The van der Waals surface area contributed by atoms with E-state index in [1.54, 1.807) is 0 Å². The number of Topliss-reactive ketones (excluding diaryl/α,β-unsaturated/α-hetero) is 1. The topological polar surface area (TPSA) is 59.3 Å². The lowest BCUT2D eigenvalue weighted by Gasteiger charge is -2.16. The second-order valence-electron chi connectivity index (χ2n) is 5.03. The van der Waals surface area contributed by atoms with Crippen molar-refractivity contribution in [2.75, 3.05) is 0 Å². The van der Waals surface area contributed by atoms with Crippen LogP contribution in [0.4, 0.5) is 0 Å². The third-order valence-corrected chi connectivity index (χ3v) is 4.18. The summed E-state index contributed by atoms with van der Waals surface area (Å²) in [5.41, 5.74) is 0.800. The highest BCUT2D eigenvalue weighted by Gasteiger charge is 2.41. The number of hydrogen-bond acceptors (Lipinski definition) is 2. The van der Waals surface area contributed by atoms with Gasteiger partial charge in [0.05, 0.1) is 11.6 Å². The van der Waals surface area contributed by atoms with Gasteiger partial charge in [-0.25, -0.2) is 0 Å². The normalized spacial score (nSPS) is 31.8. The standard InChI is InChI=1S/C13H15NO3/c15-12-9-5-3-8(13(16)17)4-6-10(9)14-7-1-2-11(12)14/h1-2,7-10H,3-6H2,(H,16,17). The van der Waals surface area contributed by atoms with E-state index in [-0.39, 0.29) is 23.7 Å². The first kappa shape index (κ1) is 10.6. The van der Waals surface area contributed by atoms with Gasteiger partial charge >= 0.3 is 5.97 Å². The molecule has 2 heterocycles. The maximum absolute atomic E-state index is 12.2. The molecular formula is C13H15NO3. The predicted octanol–water partition coefficient (Wildman–Crippen LogP) is 2.12. The van der Waals surface area contributed by atoms with Gasteiger partial charge in [-0.15, -0.1) is 0 Å². The highest BCUT2D eigenvalue weighted by atomic mass is 16.4. The number of rotatable bonds is 1. The molecule has 4 heteroatoms. The Morgan fingerprint density at radius 2 is 2.06 bits per heavy atom. The quantitative estimate of drug-likeness (QED) is 0.808. The second kappa shape index (κ2) is 3.72. The lowest BCUT2D eigenvalue weighted by Crippen LogP contribution is -2.14. The van der Waals surface area contributed by atoms with Gasteiger partial charge in [0.25, 0.3) is 0 Å². The van der Waals surface area contributed by atoms with Gasteiger partial charge in [0.15, 0.2) is 5.78 Å². The van der Waals surface area contributed by atoms with Gasteiger partial charge in [-0.05, 0) is 37.8 Å². The van der Waals surface area contributed by atoms with Crippen LogP contribution in [0.1, 0.15) is 42.2 Å². The minimum Gasteiger partial charge on any atom is -0.481 e. The van der Waals surface area contributed by atoms with E-state index in [1.165, 1.54) is 0 Å². The van der Waals surface area contributed by atoms with Crippen molar-refractivity contribution >= 4 is 11.8 Å². The molecule has 1 saturated carbocycles. The van der Waals surface area contributed by atoms with Crippen molar-refractivity contribution in [2.45, 2.75) is 31.7 Å². The Morgan fingerprint density at radius 3 is 2.82 bits per heavy atom. The van der Waals surface area contributed by atoms with Gasteiger partial charge in [-0.1, -0.05) is 0 Å². The molecule has 1 aromatic heterocycles. The zero-order valence-electron chi connectivity index (χ0n) is 9.50. The number of carboxylic acids is 1. The van der Waals surface area contributed by atoms with Crippen molar-refractivity contribution in [1.82, 2.24) is 4.57 Å². The van der Waals surface area contributed by atoms with Crippen molar-refractivity contribution in [3.8, 4) is 0 Å². The number of carbonyl (C=O) groups excluding carboxylic acids is 1. The van der Waals surface area contributed by atoms with Gasteiger partial charge < -0.3 is 9.67 Å². The molecule has 1 aliphatic heterocycles. The molecule has 3 atom stereocenters. The summed E-state index contributed by atoms with van der Waals surface area (Å²) in [7, 11) is 0. The molecule has 1 fully saturated rings. The van der Waals surface area contributed by atoms with Crippen LogP contribution in [0, 0.1) is 11.8 Å². The summed E-state index contributed by atoms with van der Waals surface area (Å²) in [5.74, 6) is -0.779. The molecule has 1 aromatic rings. The summed E-state index contributed by atoms with van der Waals surface area (Å²) in [6.45, 7) is 0. The fourth-order valence-electron chi connectivity index (χ4n) is 3.26. The fraction of sp³-hybridized carbons (Fsp3) is 0.538. The lowest BCUT2D eigenvalue weighted by molar-refractivity contribution is -0.142. The molecule has 1 aliphatic carbocycles. The highest BCUT2D eigenvalue weighted by molar-refractivity contribution is 5.99. The van der Waals surface area contributed by atoms with E-state index >= 15 is 0 Å². The number of hydrogen-bond donors (Lipinski definition) is 1. The van der Waals surface area contributed by atoms with Crippen LogP contribution in [-0.2, 0) is 4.79 Å². The Morgan fingerprint density at radius 1 is 1.29 bits per heavy atom. The van der Waals surface area contributed by atoms with Crippen LogP contribution in [0.15, 0.2) is 18.3 Å². The molecule has 2 aliphatic rings. The van der Waals surface area contributed by atoms with Gasteiger partial charge in [0, 0.05) is 18.2 Å². The van der Waals surface area contributed by atoms with E-state index in [1.807, 2.05) is 22.9 Å². The number of nitrogens with zero attached hydrogens (tertiary/aromatic N) is 1.